The highest BCUT2D eigenvalue weighted by atomic mass is 35.5. The number of halogens is 1. The molecule has 3 rings (SSSR count). The summed E-state index contributed by atoms with van der Waals surface area (Å²) in [6.45, 7) is 0.573. The molecule has 1 N–H and O–H groups in total. The summed E-state index contributed by atoms with van der Waals surface area (Å²) in [5, 5.41) is 3.20. The largest absolute Gasteiger partial charge is 0.493 e. The number of rotatable bonds is 6. The van der Waals surface area contributed by atoms with Gasteiger partial charge in [0.25, 0.3) is 5.91 Å². The lowest BCUT2D eigenvalue weighted by atomic mass is 10.2. The first-order chi connectivity index (χ1) is 12.6. The first kappa shape index (κ1) is 17.8. The number of anilines is 1. The first-order valence-electron chi connectivity index (χ1n) is 7.74. The second-order valence-corrected chi connectivity index (χ2v) is 5.83. The summed E-state index contributed by atoms with van der Waals surface area (Å²) in [5.41, 5.74) is 1.42. The Bertz CT molecular complexity index is 909. The van der Waals surface area contributed by atoms with Gasteiger partial charge in [-0.1, -0.05) is 17.7 Å². The molecule has 0 saturated heterocycles. The molecule has 3 aromatic rings. The maximum Gasteiger partial charge on any atom is 0.256 e. The summed E-state index contributed by atoms with van der Waals surface area (Å²) in [4.78, 5) is 20.6. The van der Waals surface area contributed by atoms with Crippen LogP contribution in [0.2, 0.25) is 5.15 Å². The average molecular weight is 373 g/mol. The van der Waals surface area contributed by atoms with Gasteiger partial charge in [-0.15, -0.1) is 0 Å². The highest BCUT2D eigenvalue weighted by Crippen LogP contribution is 2.27. The van der Waals surface area contributed by atoms with Gasteiger partial charge in [-0.3, -0.25) is 4.79 Å². The highest BCUT2D eigenvalue weighted by Gasteiger charge is 2.12. The Kier molecular flexibility index (Phi) is 5.38. The molecule has 0 atom stereocenters. The van der Waals surface area contributed by atoms with Gasteiger partial charge >= 0.3 is 0 Å². The molecule has 0 saturated carbocycles. The van der Waals surface area contributed by atoms with E-state index in [9.17, 15) is 4.79 Å². The molecule has 2 heterocycles. The second-order valence-electron chi connectivity index (χ2n) is 5.44. The molecule has 134 valence electrons. The van der Waals surface area contributed by atoms with Gasteiger partial charge in [-0.05, 0) is 29.8 Å². The van der Waals surface area contributed by atoms with E-state index in [0.29, 0.717) is 34.6 Å². The molecule has 1 aromatic carbocycles. The van der Waals surface area contributed by atoms with Crippen LogP contribution in [0.3, 0.4) is 0 Å². The van der Waals surface area contributed by atoms with E-state index in [1.165, 1.54) is 7.11 Å². The van der Waals surface area contributed by atoms with Crippen molar-refractivity contribution in [2.45, 2.75) is 6.54 Å². The van der Waals surface area contributed by atoms with Crippen molar-refractivity contribution in [3.63, 3.8) is 0 Å². The van der Waals surface area contributed by atoms with E-state index in [4.69, 9.17) is 21.1 Å². The molecule has 26 heavy (non-hydrogen) atoms. The van der Waals surface area contributed by atoms with Crippen molar-refractivity contribution in [1.82, 2.24) is 14.5 Å². The number of imidazole rings is 1. The maximum atomic E-state index is 12.4. The molecule has 0 aliphatic carbocycles. The lowest BCUT2D eigenvalue weighted by molar-refractivity contribution is 0.102. The molecule has 2 aromatic heterocycles. The third-order valence-corrected chi connectivity index (χ3v) is 3.90. The molecular formula is C18H17ClN4O3. The van der Waals surface area contributed by atoms with Crippen molar-refractivity contribution in [3.05, 3.63) is 65.3 Å². The number of hydrogen-bond acceptors (Lipinski definition) is 5. The molecule has 0 unspecified atom stereocenters. The molecular weight excluding hydrogens is 356 g/mol. The van der Waals surface area contributed by atoms with Crippen LogP contribution in [0.1, 0.15) is 15.9 Å². The summed E-state index contributed by atoms with van der Waals surface area (Å²) < 4.78 is 12.2. The molecule has 0 spiro atoms. The van der Waals surface area contributed by atoms with Crippen LogP contribution in [-0.2, 0) is 6.54 Å². The predicted octanol–water partition coefficient (Wildman–Crippen LogP) is 3.25. The van der Waals surface area contributed by atoms with Gasteiger partial charge in [0.05, 0.1) is 27.1 Å². The molecule has 0 fully saturated rings. The molecule has 0 aliphatic heterocycles. The van der Waals surface area contributed by atoms with E-state index in [1.807, 2.05) is 10.6 Å². The van der Waals surface area contributed by atoms with E-state index >= 15 is 0 Å². The van der Waals surface area contributed by atoms with Gasteiger partial charge in [-0.2, -0.15) is 0 Å². The number of ether oxygens (including phenoxy) is 2. The van der Waals surface area contributed by atoms with E-state index in [0.717, 1.165) is 5.56 Å². The lowest BCUT2D eigenvalue weighted by Crippen LogP contribution is -2.12. The normalized spacial score (nSPS) is 10.4. The zero-order chi connectivity index (χ0) is 18.5. The SMILES string of the molecule is COc1ccc(C(=O)Nc2cn(Cc3ccc(Cl)nc3)cn2)cc1OC. The number of pyridine rings is 1. The highest BCUT2D eigenvalue weighted by molar-refractivity contribution is 6.29. The zero-order valence-corrected chi connectivity index (χ0v) is 15.0. The minimum absolute atomic E-state index is 0.288. The molecule has 0 radical (unpaired) electrons. The Hall–Kier alpha value is -3.06. The third kappa shape index (κ3) is 4.12. The summed E-state index contributed by atoms with van der Waals surface area (Å²) >= 11 is 5.78. The van der Waals surface area contributed by atoms with Crippen LogP contribution in [0.15, 0.2) is 49.1 Å². The lowest BCUT2D eigenvalue weighted by Gasteiger charge is -2.09. The fourth-order valence-electron chi connectivity index (χ4n) is 2.39. The Morgan fingerprint density at radius 2 is 1.96 bits per heavy atom. The molecule has 7 nitrogen and oxygen atoms in total. The summed E-state index contributed by atoms with van der Waals surface area (Å²) in [7, 11) is 3.06. The number of nitrogens with zero attached hydrogens (tertiary/aromatic N) is 3. The number of benzene rings is 1. The number of carbonyl (C=O) groups excluding carboxylic acids is 1. The van der Waals surface area contributed by atoms with Crippen molar-refractivity contribution in [1.29, 1.82) is 0 Å². The second kappa shape index (κ2) is 7.88. The molecule has 8 heteroatoms. The summed E-state index contributed by atoms with van der Waals surface area (Å²) in [6, 6.07) is 8.57. The van der Waals surface area contributed by atoms with Crippen molar-refractivity contribution in [2.75, 3.05) is 19.5 Å². The van der Waals surface area contributed by atoms with Crippen molar-refractivity contribution < 1.29 is 14.3 Å². The minimum atomic E-state index is -0.288. The van der Waals surface area contributed by atoms with Crippen LogP contribution in [-0.4, -0.2) is 34.7 Å². The van der Waals surface area contributed by atoms with Crippen LogP contribution in [0.4, 0.5) is 5.82 Å². The van der Waals surface area contributed by atoms with Gasteiger partial charge in [0, 0.05) is 18.0 Å². The number of carbonyl (C=O) groups is 1. The summed E-state index contributed by atoms with van der Waals surface area (Å²) in [5.74, 6) is 1.21. The average Bonchev–Trinajstić information content (AvgIpc) is 3.09. The van der Waals surface area contributed by atoms with Gasteiger partial charge in [0.15, 0.2) is 17.3 Å². The Labute approximate surface area is 155 Å². The van der Waals surface area contributed by atoms with E-state index in [-0.39, 0.29) is 5.91 Å². The van der Waals surface area contributed by atoms with Crippen LogP contribution in [0.25, 0.3) is 0 Å². The van der Waals surface area contributed by atoms with Crippen LogP contribution < -0.4 is 14.8 Å². The van der Waals surface area contributed by atoms with Crippen LogP contribution in [0.5, 0.6) is 11.5 Å². The number of amides is 1. The van der Waals surface area contributed by atoms with Crippen LogP contribution in [0, 0.1) is 0 Å². The van der Waals surface area contributed by atoms with Crippen LogP contribution >= 0.6 is 11.6 Å². The van der Waals surface area contributed by atoms with Gasteiger partial charge in [0.2, 0.25) is 0 Å². The Balaban J connectivity index is 1.68. The third-order valence-electron chi connectivity index (χ3n) is 3.67. The molecule has 1 amide bonds. The number of methoxy groups -OCH3 is 2. The van der Waals surface area contributed by atoms with Crippen molar-refractivity contribution in [2.24, 2.45) is 0 Å². The quantitative estimate of drug-likeness (QED) is 0.672. The van der Waals surface area contributed by atoms with Gasteiger partial charge < -0.3 is 19.4 Å². The topological polar surface area (TPSA) is 78.3 Å². The predicted molar refractivity (Wildman–Crippen MR) is 98.1 cm³/mol. The van der Waals surface area contributed by atoms with Crippen molar-refractivity contribution in [3.8, 4) is 11.5 Å². The first-order valence-corrected chi connectivity index (χ1v) is 8.12. The van der Waals surface area contributed by atoms with Gasteiger partial charge in [0.1, 0.15) is 5.15 Å². The van der Waals surface area contributed by atoms with Crippen molar-refractivity contribution >= 4 is 23.3 Å². The van der Waals surface area contributed by atoms with E-state index in [2.05, 4.69) is 15.3 Å². The van der Waals surface area contributed by atoms with E-state index in [1.54, 1.807) is 50.1 Å². The monoisotopic (exact) mass is 372 g/mol. The molecule has 0 aliphatic rings. The van der Waals surface area contributed by atoms with E-state index < -0.39 is 0 Å². The number of hydrogen-bond donors (Lipinski definition) is 1. The smallest absolute Gasteiger partial charge is 0.256 e. The fourth-order valence-corrected chi connectivity index (χ4v) is 2.50. The minimum Gasteiger partial charge on any atom is -0.493 e. The number of aromatic nitrogens is 3. The molecule has 0 bridgehead atoms. The fraction of sp³-hybridized carbons (Fsp3) is 0.167. The Morgan fingerprint density at radius 1 is 1.15 bits per heavy atom. The maximum absolute atomic E-state index is 12.4. The number of nitrogens with one attached hydrogen (secondary N) is 1. The van der Waals surface area contributed by atoms with Gasteiger partial charge in [-0.25, -0.2) is 9.97 Å². The summed E-state index contributed by atoms with van der Waals surface area (Å²) in [6.07, 6.45) is 5.08. The Morgan fingerprint density at radius 3 is 2.65 bits per heavy atom. The standard InChI is InChI=1S/C18H17ClN4O3/c1-25-14-5-4-13(7-15(14)26-2)18(24)22-17-10-23(11-21-17)9-12-3-6-16(19)20-8-12/h3-8,10-11H,9H2,1-2H3,(H,22,24). The zero-order valence-electron chi connectivity index (χ0n) is 14.3.